The molecule has 2 rings (SSSR count). The van der Waals surface area contributed by atoms with Gasteiger partial charge in [-0.3, -0.25) is 14.3 Å². The average molecular weight is 274 g/mol. The topological polar surface area (TPSA) is 95.3 Å². The molecule has 6 nitrogen and oxygen atoms in total. The van der Waals surface area contributed by atoms with Crippen molar-refractivity contribution < 1.29 is 14.6 Å². The normalized spacial score (nSPS) is 23.2. The molecule has 1 aromatic rings. The van der Waals surface area contributed by atoms with Crippen LogP contribution in [0.1, 0.15) is 5.37 Å². The highest BCUT2D eigenvalue weighted by atomic mass is 32.2. The molecule has 0 spiro atoms. The monoisotopic (exact) mass is 274 g/mol. The molecule has 2 atom stereocenters. The van der Waals surface area contributed by atoms with E-state index in [1.165, 1.54) is 11.8 Å². The van der Waals surface area contributed by atoms with Crippen molar-refractivity contribution >= 4 is 11.8 Å². The number of thioether (sulfide) groups is 1. The van der Waals surface area contributed by atoms with Crippen LogP contribution in [0.2, 0.25) is 0 Å². The van der Waals surface area contributed by atoms with E-state index in [4.69, 9.17) is 10.2 Å². The van der Waals surface area contributed by atoms with Gasteiger partial charge in [-0.15, -0.1) is 11.8 Å². The molecular weight excluding hydrogens is 263 g/mol. The van der Waals surface area contributed by atoms with Crippen LogP contribution in [0.25, 0.3) is 0 Å². The van der Waals surface area contributed by atoms with Gasteiger partial charge in [-0.2, -0.15) is 4.39 Å². The predicted octanol–water partition coefficient (Wildman–Crippen LogP) is -0.799. The first-order valence-electron chi connectivity index (χ1n) is 5.15. The van der Waals surface area contributed by atoms with E-state index in [1.807, 2.05) is 4.98 Å². The lowest BCUT2D eigenvalue weighted by atomic mass is 10.2. The molecule has 1 aliphatic rings. The molecule has 0 fully saturated rings. The van der Waals surface area contributed by atoms with Gasteiger partial charge in [0.15, 0.2) is 0 Å². The Hall–Kier alpha value is -1.38. The fourth-order valence-corrected chi connectivity index (χ4v) is 2.99. The molecular formula is C10H11FN2O4S. The fourth-order valence-electron chi connectivity index (χ4n) is 1.70. The lowest BCUT2D eigenvalue weighted by Crippen LogP contribution is -2.32. The minimum atomic E-state index is -1.07. The van der Waals surface area contributed by atoms with Crippen molar-refractivity contribution in [1.29, 1.82) is 0 Å². The number of aliphatic hydroxyl groups is 2. The molecule has 2 heterocycles. The summed E-state index contributed by atoms with van der Waals surface area (Å²) in [7, 11) is 0. The maximum Gasteiger partial charge on any atom is 0.329 e. The largest absolute Gasteiger partial charge is 0.395 e. The van der Waals surface area contributed by atoms with E-state index in [-0.39, 0.29) is 18.5 Å². The standard InChI is InChI=1S/C10H11FN2O4S/c11-6-2-13(10(17)12-9(6)16)8-1-5(3-14)7(4-15)18-8/h1-2,7-8,14-15H,3-4H2,(H,12,16,17)/t7-,8-/m1/s1. The molecule has 0 aliphatic carbocycles. The van der Waals surface area contributed by atoms with Crippen LogP contribution in [0.4, 0.5) is 4.39 Å². The van der Waals surface area contributed by atoms with Crippen LogP contribution >= 0.6 is 11.8 Å². The summed E-state index contributed by atoms with van der Waals surface area (Å²) in [5.74, 6) is -1.05. The molecule has 3 N–H and O–H groups in total. The Labute approximate surface area is 105 Å². The number of aromatic amines is 1. The molecule has 98 valence electrons. The summed E-state index contributed by atoms with van der Waals surface area (Å²) in [6.07, 6.45) is 2.40. The Morgan fingerprint density at radius 3 is 2.72 bits per heavy atom. The summed E-state index contributed by atoms with van der Waals surface area (Å²) in [5, 5.41) is 17.3. The van der Waals surface area contributed by atoms with Crippen molar-refractivity contribution in [3.63, 3.8) is 0 Å². The Morgan fingerprint density at radius 1 is 1.44 bits per heavy atom. The van der Waals surface area contributed by atoms with Crippen LogP contribution in [-0.4, -0.2) is 38.2 Å². The number of H-pyrrole nitrogens is 1. The predicted molar refractivity (Wildman–Crippen MR) is 64.0 cm³/mol. The maximum absolute atomic E-state index is 13.1. The first-order valence-corrected chi connectivity index (χ1v) is 6.10. The van der Waals surface area contributed by atoms with Crippen molar-refractivity contribution in [3.05, 3.63) is 44.5 Å². The van der Waals surface area contributed by atoms with Gasteiger partial charge < -0.3 is 10.2 Å². The second-order valence-electron chi connectivity index (χ2n) is 3.74. The molecule has 0 radical (unpaired) electrons. The van der Waals surface area contributed by atoms with E-state index >= 15 is 0 Å². The van der Waals surface area contributed by atoms with Gasteiger partial charge in [0.05, 0.1) is 24.7 Å². The zero-order valence-corrected chi connectivity index (χ0v) is 9.98. The van der Waals surface area contributed by atoms with Crippen molar-refractivity contribution in [2.75, 3.05) is 13.2 Å². The number of hydrogen-bond donors (Lipinski definition) is 3. The summed E-state index contributed by atoms with van der Waals surface area (Å²) in [4.78, 5) is 24.3. The van der Waals surface area contributed by atoms with E-state index < -0.39 is 22.4 Å². The van der Waals surface area contributed by atoms with Gasteiger partial charge in [0.2, 0.25) is 5.82 Å². The van der Waals surface area contributed by atoms with E-state index in [1.54, 1.807) is 6.08 Å². The molecule has 8 heteroatoms. The minimum absolute atomic E-state index is 0.186. The van der Waals surface area contributed by atoms with Crippen molar-refractivity contribution in [2.45, 2.75) is 10.6 Å². The molecule has 0 aromatic carbocycles. The van der Waals surface area contributed by atoms with Gasteiger partial charge in [0.1, 0.15) is 5.37 Å². The van der Waals surface area contributed by atoms with E-state index in [2.05, 4.69) is 0 Å². The minimum Gasteiger partial charge on any atom is -0.395 e. The summed E-state index contributed by atoms with van der Waals surface area (Å²) >= 11 is 1.20. The molecule has 0 saturated heterocycles. The third kappa shape index (κ3) is 2.26. The first kappa shape index (κ1) is 13.1. The summed E-state index contributed by atoms with van der Waals surface area (Å²) in [6, 6.07) is 0. The number of nitrogens with one attached hydrogen (secondary N) is 1. The molecule has 0 bridgehead atoms. The quantitative estimate of drug-likeness (QED) is 0.627. The Balaban J connectivity index is 2.40. The SMILES string of the molecule is O=c1[nH]c(=O)n([C@H]2C=C(CO)[C@@H](CO)S2)cc1F. The van der Waals surface area contributed by atoms with Crippen LogP contribution in [0, 0.1) is 5.82 Å². The number of hydrogen-bond acceptors (Lipinski definition) is 5. The molecule has 0 saturated carbocycles. The van der Waals surface area contributed by atoms with E-state index in [0.717, 1.165) is 10.8 Å². The van der Waals surface area contributed by atoms with Crippen LogP contribution < -0.4 is 11.2 Å². The van der Waals surface area contributed by atoms with Crippen molar-refractivity contribution in [1.82, 2.24) is 9.55 Å². The van der Waals surface area contributed by atoms with Gasteiger partial charge in [-0.05, 0) is 11.6 Å². The fraction of sp³-hybridized carbons (Fsp3) is 0.400. The lowest BCUT2D eigenvalue weighted by molar-refractivity contribution is 0.284. The molecule has 1 aliphatic heterocycles. The van der Waals surface area contributed by atoms with Crippen molar-refractivity contribution in [2.24, 2.45) is 0 Å². The Bertz CT molecular complexity index is 594. The number of aliphatic hydroxyl groups excluding tert-OH is 2. The Morgan fingerprint density at radius 2 is 2.17 bits per heavy atom. The smallest absolute Gasteiger partial charge is 0.329 e. The molecule has 0 amide bonds. The lowest BCUT2D eigenvalue weighted by Gasteiger charge is -2.13. The van der Waals surface area contributed by atoms with Gasteiger partial charge in [-0.1, -0.05) is 0 Å². The highest BCUT2D eigenvalue weighted by molar-refractivity contribution is 8.00. The second kappa shape index (κ2) is 5.09. The van der Waals surface area contributed by atoms with Crippen molar-refractivity contribution in [3.8, 4) is 0 Å². The zero-order valence-electron chi connectivity index (χ0n) is 9.17. The van der Waals surface area contributed by atoms with Gasteiger partial charge in [0, 0.05) is 0 Å². The van der Waals surface area contributed by atoms with Gasteiger partial charge >= 0.3 is 5.69 Å². The van der Waals surface area contributed by atoms with Crippen LogP contribution in [0.3, 0.4) is 0 Å². The number of rotatable bonds is 3. The summed E-state index contributed by atoms with van der Waals surface area (Å²) in [6.45, 7) is -0.427. The van der Waals surface area contributed by atoms with E-state index in [0.29, 0.717) is 5.57 Å². The van der Waals surface area contributed by atoms with Gasteiger partial charge in [-0.25, -0.2) is 4.79 Å². The zero-order chi connectivity index (χ0) is 13.3. The summed E-state index contributed by atoms with van der Waals surface area (Å²) in [5.41, 5.74) is -1.22. The second-order valence-corrected chi connectivity index (χ2v) is 5.07. The van der Waals surface area contributed by atoms with E-state index in [9.17, 15) is 14.0 Å². The molecule has 1 aromatic heterocycles. The first-order chi connectivity index (χ1) is 8.56. The van der Waals surface area contributed by atoms with Crippen LogP contribution in [0.15, 0.2) is 27.4 Å². The Kier molecular flexibility index (Phi) is 3.69. The highest BCUT2D eigenvalue weighted by Crippen LogP contribution is 2.38. The summed E-state index contributed by atoms with van der Waals surface area (Å²) < 4.78 is 14.2. The van der Waals surface area contributed by atoms with Gasteiger partial charge in [0.25, 0.3) is 5.56 Å². The van der Waals surface area contributed by atoms with Crippen LogP contribution in [0.5, 0.6) is 0 Å². The average Bonchev–Trinajstić information content (AvgIpc) is 2.76. The number of nitrogens with zero attached hydrogens (tertiary/aromatic N) is 1. The molecule has 18 heavy (non-hydrogen) atoms. The highest BCUT2D eigenvalue weighted by Gasteiger charge is 2.28. The number of halogens is 1. The molecule has 0 unspecified atom stereocenters. The number of aromatic nitrogens is 2. The third-order valence-electron chi connectivity index (χ3n) is 2.62. The maximum atomic E-state index is 13.1. The van der Waals surface area contributed by atoms with Crippen LogP contribution in [-0.2, 0) is 0 Å². The third-order valence-corrected chi connectivity index (χ3v) is 4.04.